The fourth-order valence-electron chi connectivity index (χ4n) is 1.80. The number of pyridine rings is 1. The molecule has 20 heavy (non-hydrogen) atoms. The molecule has 1 aliphatic rings. The van der Waals surface area contributed by atoms with Crippen molar-refractivity contribution in [1.29, 1.82) is 0 Å². The minimum absolute atomic E-state index is 0.230. The van der Waals surface area contributed by atoms with Crippen LogP contribution in [0.15, 0.2) is 29.3 Å². The van der Waals surface area contributed by atoms with Crippen LogP contribution >= 0.6 is 24.0 Å². The number of rotatable bonds is 4. The molecule has 0 aliphatic carbocycles. The minimum atomic E-state index is -1.30. The predicted octanol–water partition coefficient (Wildman–Crippen LogP) is 0.811. The number of carbonyl (C=O) groups excluding carboxylic acids is 2. The van der Waals surface area contributed by atoms with E-state index in [-0.39, 0.29) is 10.7 Å². The van der Waals surface area contributed by atoms with Crippen molar-refractivity contribution < 1.29 is 14.7 Å². The zero-order valence-electron chi connectivity index (χ0n) is 10.6. The molecule has 0 saturated carbocycles. The van der Waals surface area contributed by atoms with Crippen molar-refractivity contribution in [2.24, 2.45) is 0 Å². The van der Waals surface area contributed by atoms with Gasteiger partial charge in [0.2, 0.25) is 0 Å². The van der Waals surface area contributed by atoms with Crippen LogP contribution in [0, 0.1) is 0 Å². The van der Waals surface area contributed by atoms with Gasteiger partial charge in [-0.05, 0) is 24.6 Å². The average molecular weight is 307 g/mol. The minimum Gasteiger partial charge on any atom is -0.548 e. The van der Waals surface area contributed by atoms with Crippen molar-refractivity contribution >= 4 is 46.3 Å². The Morgan fingerprint density at radius 2 is 2.35 bits per heavy atom. The van der Waals surface area contributed by atoms with Crippen molar-refractivity contribution in [2.75, 3.05) is 0 Å². The lowest BCUT2D eigenvalue weighted by molar-refractivity contribution is -0.310. The second kappa shape index (κ2) is 6.15. The number of hydrogen-bond donors (Lipinski definition) is 0. The Balaban J connectivity index is 2.29. The summed E-state index contributed by atoms with van der Waals surface area (Å²) in [5.41, 5.74) is 0.620. The second-order valence-electron chi connectivity index (χ2n) is 4.05. The van der Waals surface area contributed by atoms with Gasteiger partial charge >= 0.3 is 0 Å². The number of nitrogens with zero attached hydrogens (tertiary/aromatic N) is 2. The van der Waals surface area contributed by atoms with Crippen molar-refractivity contribution in [2.45, 2.75) is 19.4 Å². The van der Waals surface area contributed by atoms with E-state index in [0.717, 1.165) is 16.7 Å². The van der Waals surface area contributed by atoms with E-state index in [4.69, 9.17) is 12.2 Å². The molecule has 1 saturated heterocycles. The Labute approximate surface area is 125 Å². The molecule has 0 unspecified atom stereocenters. The van der Waals surface area contributed by atoms with E-state index < -0.39 is 17.9 Å². The highest BCUT2D eigenvalue weighted by atomic mass is 32.2. The van der Waals surface area contributed by atoms with Gasteiger partial charge in [0.05, 0.1) is 22.6 Å². The Bertz CT molecular complexity index is 587. The number of thiocarbonyl (C=S) groups is 1. The van der Waals surface area contributed by atoms with Gasteiger partial charge in [-0.25, -0.2) is 0 Å². The van der Waals surface area contributed by atoms with Gasteiger partial charge in [0.15, 0.2) is 0 Å². The van der Waals surface area contributed by atoms with Crippen LogP contribution in [0.25, 0.3) is 6.08 Å². The lowest BCUT2D eigenvalue weighted by Gasteiger charge is -2.26. The molecule has 0 bridgehead atoms. The topological polar surface area (TPSA) is 73.3 Å². The van der Waals surface area contributed by atoms with Gasteiger partial charge in [-0.2, -0.15) is 0 Å². The quantitative estimate of drug-likeness (QED) is 0.605. The summed E-state index contributed by atoms with van der Waals surface area (Å²) in [5, 5.41) is 11.1. The highest BCUT2D eigenvalue weighted by Gasteiger charge is 2.37. The molecule has 1 aromatic heterocycles. The van der Waals surface area contributed by atoms with E-state index in [1.54, 1.807) is 37.4 Å². The molecule has 0 N–H and O–H groups in total. The molecule has 104 valence electrons. The number of carbonyl (C=O) groups is 2. The zero-order valence-corrected chi connectivity index (χ0v) is 12.2. The molecule has 1 atom stereocenters. The van der Waals surface area contributed by atoms with Crippen LogP contribution in [-0.2, 0) is 9.59 Å². The SMILES string of the molecule is CC[C@H](C(=O)[O-])N1C(=O)/C(=C/c2ccccn2)SC1=S. The van der Waals surface area contributed by atoms with Crippen LogP contribution in [0.5, 0.6) is 0 Å². The van der Waals surface area contributed by atoms with E-state index in [2.05, 4.69) is 4.98 Å². The molecule has 0 spiro atoms. The second-order valence-corrected chi connectivity index (χ2v) is 5.73. The number of carboxylic acids is 1. The number of thioether (sulfide) groups is 1. The third-order valence-electron chi connectivity index (χ3n) is 2.76. The first-order valence-corrected chi connectivity index (χ1v) is 7.16. The van der Waals surface area contributed by atoms with Gasteiger partial charge in [0.1, 0.15) is 4.32 Å². The molecule has 1 aromatic rings. The van der Waals surface area contributed by atoms with Gasteiger partial charge in [-0.15, -0.1) is 0 Å². The number of aromatic nitrogens is 1. The van der Waals surface area contributed by atoms with Gasteiger partial charge in [0.25, 0.3) is 5.91 Å². The summed E-state index contributed by atoms with van der Waals surface area (Å²) >= 11 is 6.16. The molecule has 7 heteroatoms. The summed E-state index contributed by atoms with van der Waals surface area (Å²) in [6.07, 6.45) is 3.45. The maximum atomic E-state index is 12.3. The summed E-state index contributed by atoms with van der Waals surface area (Å²) in [6.45, 7) is 1.67. The summed E-state index contributed by atoms with van der Waals surface area (Å²) < 4.78 is 0.230. The molecule has 0 radical (unpaired) electrons. The number of aliphatic carboxylic acids is 1. The monoisotopic (exact) mass is 307 g/mol. The Morgan fingerprint density at radius 1 is 1.60 bits per heavy atom. The third-order valence-corrected chi connectivity index (χ3v) is 4.09. The lowest BCUT2D eigenvalue weighted by Crippen LogP contribution is -2.49. The highest BCUT2D eigenvalue weighted by molar-refractivity contribution is 8.26. The van der Waals surface area contributed by atoms with Crippen molar-refractivity contribution in [1.82, 2.24) is 9.88 Å². The lowest BCUT2D eigenvalue weighted by atomic mass is 10.2. The van der Waals surface area contributed by atoms with Crippen molar-refractivity contribution in [3.05, 3.63) is 35.0 Å². The fourth-order valence-corrected chi connectivity index (χ4v) is 3.14. The maximum Gasteiger partial charge on any atom is 0.266 e. The van der Waals surface area contributed by atoms with Gasteiger partial charge < -0.3 is 9.90 Å². The fraction of sp³-hybridized carbons (Fsp3) is 0.231. The number of carboxylic acid groups (broad SMARTS) is 1. The standard InChI is InChI=1S/C13H12N2O3S2/c1-2-9(12(17)18)15-11(16)10(20-13(15)19)7-8-5-3-4-6-14-8/h3-7,9H,2H2,1H3,(H,17,18)/p-1/b10-7-/t9-/m1/s1. The zero-order chi connectivity index (χ0) is 14.7. The van der Waals surface area contributed by atoms with Crippen LogP contribution in [0.4, 0.5) is 0 Å². The summed E-state index contributed by atoms with van der Waals surface area (Å²) in [4.78, 5) is 28.9. The van der Waals surface area contributed by atoms with Gasteiger partial charge in [-0.1, -0.05) is 37.0 Å². The molecule has 5 nitrogen and oxygen atoms in total. The first-order chi connectivity index (χ1) is 9.54. The molecular formula is C13H11N2O3S2-. The molecule has 0 aromatic carbocycles. The molecule has 2 rings (SSSR count). The van der Waals surface area contributed by atoms with Gasteiger partial charge in [0, 0.05) is 6.20 Å². The van der Waals surface area contributed by atoms with E-state index in [0.29, 0.717) is 10.6 Å². The first-order valence-electron chi connectivity index (χ1n) is 5.93. The Kier molecular flexibility index (Phi) is 4.51. The summed E-state index contributed by atoms with van der Waals surface area (Å²) in [5.74, 6) is -1.72. The molecule has 1 amide bonds. The normalized spacial score (nSPS) is 18.6. The van der Waals surface area contributed by atoms with Crippen molar-refractivity contribution in [3.8, 4) is 0 Å². The summed E-state index contributed by atoms with van der Waals surface area (Å²) in [7, 11) is 0. The molecule has 1 fully saturated rings. The largest absolute Gasteiger partial charge is 0.548 e. The number of amides is 1. The maximum absolute atomic E-state index is 12.3. The first kappa shape index (κ1) is 14.7. The Hall–Kier alpha value is -1.73. The highest BCUT2D eigenvalue weighted by Crippen LogP contribution is 2.34. The van der Waals surface area contributed by atoms with Gasteiger partial charge in [-0.3, -0.25) is 14.7 Å². The molecular weight excluding hydrogens is 296 g/mol. The van der Waals surface area contributed by atoms with E-state index in [1.165, 1.54) is 0 Å². The average Bonchev–Trinajstić information content (AvgIpc) is 2.68. The number of hydrogen-bond acceptors (Lipinski definition) is 6. The molecule has 1 aliphatic heterocycles. The third kappa shape index (κ3) is 2.88. The van der Waals surface area contributed by atoms with Crippen LogP contribution in [-0.4, -0.2) is 32.1 Å². The smallest absolute Gasteiger partial charge is 0.266 e. The Morgan fingerprint density at radius 3 is 2.90 bits per heavy atom. The van der Waals surface area contributed by atoms with E-state index >= 15 is 0 Å². The predicted molar refractivity (Wildman–Crippen MR) is 78.3 cm³/mol. The van der Waals surface area contributed by atoms with Crippen LogP contribution in [0.2, 0.25) is 0 Å². The van der Waals surface area contributed by atoms with Crippen molar-refractivity contribution in [3.63, 3.8) is 0 Å². The van der Waals surface area contributed by atoms with Crippen LogP contribution in [0.3, 0.4) is 0 Å². The van der Waals surface area contributed by atoms with Crippen LogP contribution < -0.4 is 5.11 Å². The van der Waals surface area contributed by atoms with Crippen LogP contribution in [0.1, 0.15) is 19.0 Å². The molecule has 2 heterocycles. The van der Waals surface area contributed by atoms with E-state index in [1.807, 2.05) is 0 Å². The van der Waals surface area contributed by atoms with E-state index in [9.17, 15) is 14.7 Å². The summed E-state index contributed by atoms with van der Waals surface area (Å²) in [6, 6.07) is 4.29.